The first-order valence-corrected chi connectivity index (χ1v) is 8.59. The highest BCUT2D eigenvalue weighted by Gasteiger charge is 2.20. The number of halogens is 1. The summed E-state index contributed by atoms with van der Waals surface area (Å²) >= 11 is 6.04. The molecule has 7 heteroatoms. The van der Waals surface area contributed by atoms with Crippen LogP contribution in [-0.2, 0) is 9.59 Å². The molecule has 3 rings (SSSR count). The maximum Gasteiger partial charge on any atom is 0.238 e. The van der Waals surface area contributed by atoms with Crippen LogP contribution in [0.3, 0.4) is 0 Å². The third-order valence-corrected chi connectivity index (χ3v) is 4.26. The average molecular weight is 372 g/mol. The molecule has 2 N–H and O–H groups in total. The van der Waals surface area contributed by atoms with Crippen molar-refractivity contribution in [2.45, 2.75) is 0 Å². The van der Waals surface area contributed by atoms with E-state index in [9.17, 15) is 14.4 Å². The summed E-state index contributed by atoms with van der Waals surface area (Å²) in [6.45, 7) is 1.39. The van der Waals surface area contributed by atoms with Crippen LogP contribution in [-0.4, -0.2) is 48.7 Å². The van der Waals surface area contributed by atoms with E-state index in [1.54, 1.807) is 47.4 Å². The summed E-state index contributed by atoms with van der Waals surface area (Å²) in [5.41, 5.74) is 1.24. The number of nitrogens with one attached hydrogen (secondary N) is 2. The molecule has 1 fully saturated rings. The predicted molar refractivity (Wildman–Crippen MR) is 99.4 cm³/mol. The topological polar surface area (TPSA) is 78.5 Å². The Kier molecular flexibility index (Phi) is 5.65. The largest absolute Gasteiger partial charge is 0.354 e. The van der Waals surface area contributed by atoms with Gasteiger partial charge in [-0.05, 0) is 18.2 Å². The molecule has 6 nitrogen and oxygen atoms in total. The number of hydrogen-bond donors (Lipinski definition) is 2. The maximum absolute atomic E-state index is 12.8. The summed E-state index contributed by atoms with van der Waals surface area (Å²) in [5, 5.41) is 5.88. The number of piperazine rings is 1. The molecule has 2 aromatic rings. The Labute approximate surface area is 156 Å². The molecule has 0 unspecified atom stereocenters. The molecule has 0 aliphatic carbocycles. The molecular formula is C19H18ClN3O3. The Morgan fingerprint density at radius 3 is 2.65 bits per heavy atom. The number of carbonyl (C=O) groups excluding carboxylic acids is 3. The molecule has 2 aromatic carbocycles. The summed E-state index contributed by atoms with van der Waals surface area (Å²) in [6.07, 6.45) is 0. The van der Waals surface area contributed by atoms with Gasteiger partial charge in [-0.3, -0.25) is 19.3 Å². The minimum absolute atomic E-state index is 0.0784. The minimum Gasteiger partial charge on any atom is -0.354 e. The van der Waals surface area contributed by atoms with Crippen LogP contribution in [0.4, 0.5) is 5.69 Å². The predicted octanol–water partition coefficient (Wildman–Crippen LogP) is 1.94. The lowest BCUT2D eigenvalue weighted by Crippen LogP contribution is -2.49. The van der Waals surface area contributed by atoms with E-state index in [0.717, 1.165) is 0 Å². The molecule has 1 aliphatic heterocycles. The highest BCUT2D eigenvalue weighted by Crippen LogP contribution is 2.23. The van der Waals surface area contributed by atoms with Crippen LogP contribution in [0.15, 0.2) is 48.5 Å². The highest BCUT2D eigenvalue weighted by atomic mass is 35.5. The number of rotatable bonds is 5. The van der Waals surface area contributed by atoms with E-state index < -0.39 is 0 Å². The molecule has 0 atom stereocenters. The van der Waals surface area contributed by atoms with Crippen LogP contribution in [0, 0.1) is 0 Å². The fourth-order valence-electron chi connectivity index (χ4n) is 2.78. The van der Waals surface area contributed by atoms with Gasteiger partial charge in [-0.15, -0.1) is 0 Å². The Bertz CT molecular complexity index is 839. The quantitative estimate of drug-likeness (QED) is 0.787. The van der Waals surface area contributed by atoms with Crippen LogP contribution in [0.5, 0.6) is 0 Å². The zero-order valence-corrected chi connectivity index (χ0v) is 14.8. The molecular weight excluding hydrogens is 354 g/mol. The van der Waals surface area contributed by atoms with Gasteiger partial charge in [-0.25, -0.2) is 0 Å². The van der Waals surface area contributed by atoms with Crippen molar-refractivity contribution in [2.75, 3.05) is 31.5 Å². The Balaban J connectivity index is 1.76. The van der Waals surface area contributed by atoms with Crippen molar-refractivity contribution in [3.05, 3.63) is 64.7 Å². The van der Waals surface area contributed by atoms with Gasteiger partial charge >= 0.3 is 0 Å². The van der Waals surface area contributed by atoms with Gasteiger partial charge in [0.25, 0.3) is 0 Å². The van der Waals surface area contributed by atoms with Gasteiger partial charge in [0.2, 0.25) is 11.8 Å². The molecule has 134 valence electrons. The minimum atomic E-state index is -0.288. The van der Waals surface area contributed by atoms with Crippen molar-refractivity contribution >= 4 is 34.9 Å². The smallest absolute Gasteiger partial charge is 0.238 e. The van der Waals surface area contributed by atoms with Gasteiger partial charge in [-0.2, -0.15) is 0 Å². The van der Waals surface area contributed by atoms with Gasteiger partial charge in [0, 0.05) is 29.2 Å². The normalized spacial score (nSPS) is 14.6. The fourth-order valence-corrected chi connectivity index (χ4v) is 2.95. The zero-order chi connectivity index (χ0) is 18.5. The van der Waals surface area contributed by atoms with Crippen LogP contribution in [0.2, 0.25) is 5.02 Å². The average Bonchev–Trinajstić information content (AvgIpc) is 2.63. The van der Waals surface area contributed by atoms with Crippen LogP contribution in [0.1, 0.15) is 15.9 Å². The first-order valence-electron chi connectivity index (χ1n) is 8.21. The summed E-state index contributed by atoms with van der Waals surface area (Å²) in [5.74, 6) is -0.611. The van der Waals surface area contributed by atoms with Crippen molar-refractivity contribution in [2.24, 2.45) is 0 Å². The molecule has 0 bridgehead atoms. The maximum atomic E-state index is 12.8. The van der Waals surface area contributed by atoms with E-state index >= 15 is 0 Å². The van der Waals surface area contributed by atoms with Crippen molar-refractivity contribution in [1.29, 1.82) is 0 Å². The van der Waals surface area contributed by atoms with Gasteiger partial charge in [0.1, 0.15) is 0 Å². The molecule has 1 heterocycles. The van der Waals surface area contributed by atoms with Crippen LogP contribution >= 0.6 is 11.6 Å². The van der Waals surface area contributed by atoms with E-state index in [0.29, 0.717) is 34.9 Å². The van der Waals surface area contributed by atoms with Gasteiger partial charge in [0.15, 0.2) is 5.78 Å². The summed E-state index contributed by atoms with van der Waals surface area (Å²) in [6, 6.07) is 13.6. The van der Waals surface area contributed by atoms with Gasteiger partial charge in [-0.1, -0.05) is 41.9 Å². The molecule has 0 saturated carbocycles. The molecule has 0 aromatic heterocycles. The van der Waals surface area contributed by atoms with E-state index in [-0.39, 0.29) is 30.7 Å². The second-order valence-corrected chi connectivity index (χ2v) is 6.43. The monoisotopic (exact) mass is 371 g/mol. The number of nitrogens with zero attached hydrogens (tertiary/aromatic N) is 1. The molecule has 26 heavy (non-hydrogen) atoms. The van der Waals surface area contributed by atoms with Gasteiger partial charge < -0.3 is 10.6 Å². The molecule has 2 amide bonds. The number of benzene rings is 2. The number of ketones is 1. The number of anilines is 1. The van der Waals surface area contributed by atoms with E-state index in [4.69, 9.17) is 11.6 Å². The molecule has 0 radical (unpaired) electrons. The summed E-state index contributed by atoms with van der Waals surface area (Å²) in [7, 11) is 0. The summed E-state index contributed by atoms with van der Waals surface area (Å²) in [4.78, 5) is 38.3. The Hall–Kier alpha value is -2.70. The number of hydrogen-bond acceptors (Lipinski definition) is 4. The van der Waals surface area contributed by atoms with Crippen molar-refractivity contribution in [3.63, 3.8) is 0 Å². The fraction of sp³-hybridized carbons (Fsp3) is 0.211. The SMILES string of the molecule is O=C1CN(CC(=O)Nc2ccc(Cl)cc2C(=O)c2ccccc2)CCN1. The van der Waals surface area contributed by atoms with E-state index in [2.05, 4.69) is 10.6 Å². The first-order chi connectivity index (χ1) is 12.5. The second-order valence-electron chi connectivity index (χ2n) is 5.99. The lowest BCUT2D eigenvalue weighted by molar-refractivity contribution is -0.125. The number of carbonyl (C=O) groups is 3. The van der Waals surface area contributed by atoms with E-state index in [1.807, 2.05) is 6.07 Å². The lowest BCUT2D eigenvalue weighted by Gasteiger charge is -2.25. The van der Waals surface area contributed by atoms with Crippen LogP contribution < -0.4 is 10.6 Å². The van der Waals surface area contributed by atoms with Crippen molar-refractivity contribution in [3.8, 4) is 0 Å². The third-order valence-electron chi connectivity index (χ3n) is 4.02. The van der Waals surface area contributed by atoms with E-state index in [1.165, 1.54) is 0 Å². The summed E-state index contributed by atoms with van der Waals surface area (Å²) < 4.78 is 0. The molecule has 1 aliphatic rings. The van der Waals surface area contributed by atoms with Crippen LogP contribution in [0.25, 0.3) is 0 Å². The number of amides is 2. The van der Waals surface area contributed by atoms with Crippen molar-refractivity contribution in [1.82, 2.24) is 10.2 Å². The first kappa shape index (κ1) is 18.1. The standard InChI is InChI=1S/C19H18ClN3O3/c20-14-6-7-16(15(10-14)19(26)13-4-2-1-3-5-13)22-18(25)12-23-9-8-21-17(24)11-23/h1-7,10H,8-9,11-12H2,(H,21,24)(H,22,25). The van der Waals surface area contributed by atoms with Gasteiger partial charge in [0.05, 0.1) is 18.8 Å². The third kappa shape index (κ3) is 4.47. The zero-order valence-electron chi connectivity index (χ0n) is 14.0. The lowest BCUT2D eigenvalue weighted by atomic mass is 10.0. The second kappa shape index (κ2) is 8.12. The molecule has 1 saturated heterocycles. The van der Waals surface area contributed by atoms with Crippen molar-refractivity contribution < 1.29 is 14.4 Å². The highest BCUT2D eigenvalue weighted by molar-refractivity contribution is 6.31. The Morgan fingerprint density at radius 2 is 1.92 bits per heavy atom. The Morgan fingerprint density at radius 1 is 1.15 bits per heavy atom. The molecule has 0 spiro atoms.